The third kappa shape index (κ3) is 5.71. The Balaban J connectivity index is 1.60. The molecule has 3 N–H and O–H groups in total. The quantitative estimate of drug-likeness (QED) is 0.255. The first kappa shape index (κ1) is 23.6. The predicted octanol–water partition coefficient (Wildman–Crippen LogP) is 6.17. The van der Waals surface area contributed by atoms with Crippen LogP contribution in [0.4, 0.5) is 21.9 Å². The lowest BCUT2D eigenvalue weighted by molar-refractivity contribution is 0.252. The molecule has 0 aliphatic carbocycles. The molecule has 0 bridgehead atoms. The van der Waals surface area contributed by atoms with Crippen LogP contribution in [0, 0.1) is 18.3 Å². The maximum absolute atomic E-state index is 12.3. The highest BCUT2D eigenvalue weighted by Gasteiger charge is 2.17. The van der Waals surface area contributed by atoms with Gasteiger partial charge in [-0.3, -0.25) is 0 Å². The van der Waals surface area contributed by atoms with E-state index in [1.54, 1.807) is 16.9 Å². The van der Waals surface area contributed by atoms with Gasteiger partial charge in [-0.25, -0.2) is 9.31 Å². The van der Waals surface area contributed by atoms with E-state index in [0.717, 1.165) is 52.4 Å². The van der Waals surface area contributed by atoms with Crippen molar-refractivity contribution in [2.75, 3.05) is 17.2 Å². The fraction of sp³-hybridized carbons (Fsp3) is 0.222. The number of anilines is 3. The number of urea groups is 1. The van der Waals surface area contributed by atoms with E-state index in [1.165, 1.54) is 0 Å². The first-order valence-electron chi connectivity index (χ1n) is 11.6. The molecule has 2 aromatic carbocycles. The lowest BCUT2D eigenvalue weighted by Gasteiger charge is -2.14. The van der Waals surface area contributed by atoms with Gasteiger partial charge in [-0.2, -0.15) is 10.4 Å². The molecule has 8 heteroatoms. The lowest BCUT2D eigenvalue weighted by Crippen LogP contribution is -2.29. The second-order valence-electron chi connectivity index (χ2n) is 8.14. The van der Waals surface area contributed by atoms with Crippen molar-refractivity contribution in [1.29, 1.82) is 5.26 Å². The van der Waals surface area contributed by atoms with E-state index >= 15 is 0 Å². The number of benzene rings is 2. The van der Waals surface area contributed by atoms with Crippen LogP contribution >= 0.6 is 0 Å². The Hall–Kier alpha value is -4.51. The van der Waals surface area contributed by atoms with Crippen molar-refractivity contribution in [3.05, 3.63) is 78.1 Å². The van der Waals surface area contributed by atoms with Gasteiger partial charge >= 0.3 is 6.03 Å². The van der Waals surface area contributed by atoms with Gasteiger partial charge in [-0.15, -0.1) is 0 Å². The Labute approximate surface area is 204 Å². The molecule has 0 spiro atoms. The van der Waals surface area contributed by atoms with Crippen LogP contribution in [0.5, 0.6) is 11.5 Å². The molecule has 0 saturated heterocycles. The number of amides is 2. The van der Waals surface area contributed by atoms with Gasteiger partial charge in [-0.05, 0) is 49.7 Å². The number of hydrogen-bond acceptors (Lipinski definition) is 5. The van der Waals surface area contributed by atoms with Crippen molar-refractivity contribution < 1.29 is 9.53 Å². The molecule has 2 heterocycles. The topological polar surface area (TPSA) is 103 Å². The normalized spacial score (nSPS) is 10.5. The number of nitrogens with one attached hydrogen (secondary N) is 3. The third-order valence-electron chi connectivity index (χ3n) is 5.57. The molecule has 0 aliphatic rings. The number of rotatable bonds is 9. The highest BCUT2D eigenvalue weighted by Crippen LogP contribution is 2.33. The first-order chi connectivity index (χ1) is 17.1. The van der Waals surface area contributed by atoms with E-state index in [1.807, 2.05) is 61.5 Å². The van der Waals surface area contributed by atoms with E-state index in [0.29, 0.717) is 12.2 Å². The minimum absolute atomic E-state index is 0.200. The molecule has 0 aliphatic heterocycles. The zero-order chi connectivity index (χ0) is 24.6. The number of aromatic nitrogens is 2. The maximum Gasteiger partial charge on any atom is 0.319 e. The summed E-state index contributed by atoms with van der Waals surface area (Å²) in [4.78, 5) is 12.3. The standard InChI is InChI=1S/C27H28N6O2/c1-3-4-16-29-27(34)32-24-18-33-26(19(24)2)25(20(14-15-28)17-30-33)31-21-10-12-23(13-11-21)35-22-8-6-5-7-9-22/h5-13,17-18,31H,3-4,14,16H2,1-2H3,(H2,29,32,34). The van der Waals surface area contributed by atoms with Crippen molar-refractivity contribution in [3.63, 3.8) is 0 Å². The van der Waals surface area contributed by atoms with Gasteiger partial charge in [-0.1, -0.05) is 31.5 Å². The number of carbonyl (C=O) groups excluding carboxylic acids is 1. The molecular weight excluding hydrogens is 440 g/mol. The van der Waals surface area contributed by atoms with Crippen LogP contribution in [0.1, 0.15) is 30.9 Å². The van der Waals surface area contributed by atoms with Gasteiger partial charge < -0.3 is 20.7 Å². The molecule has 2 aromatic heterocycles. The predicted molar refractivity (Wildman–Crippen MR) is 137 cm³/mol. The summed E-state index contributed by atoms with van der Waals surface area (Å²) in [5.41, 5.74) is 4.70. The number of carbonyl (C=O) groups is 1. The van der Waals surface area contributed by atoms with Crippen LogP contribution in [0.25, 0.3) is 5.52 Å². The molecule has 8 nitrogen and oxygen atoms in total. The summed E-state index contributed by atoms with van der Waals surface area (Å²) in [6.07, 6.45) is 5.59. The number of unbranched alkanes of at least 4 members (excludes halogenated alkanes) is 1. The second kappa shape index (κ2) is 11.1. The summed E-state index contributed by atoms with van der Waals surface area (Å²) in [7, 11) is 0. The van der Waals surface area contributed by atoms with E-state index < -0.39 is 0 Å². The Bertz CT molecular complexity index is 1340. The van der Waals surface area contributed by atoms with Crippen molar-refractivity contribution in [3.8, 4) is 17.6 Å². The molecule has 178 valence electrons. The molecule has 35 heavy (non-hydrogen) atoms. The van der Waals surface area contributed by atoms with Gasteiger partial charge in [0.2, 0.25) is 0 Å². The van der Waals surface area contributed by atoms with Crippen LogP contribution < -0.4 is 20.7 Å². The smallest absolute Gasteiger partial charge is 0.319 e. The molecular formula is C27H28N6O2. The highest BCUT2D eigenvalue weighted by molar-refractivity contribution is 5.94. The van der Waals surface area contributed by atoms with E-state index in [2.05, 4.69) is 34.0 Å². The van der Waals surface area contributed by atoms with Crippen molar-refractivity contribution in [2.45, 2.75) is 33.1 Å². The Morgan fingerprint density at radius 1 is 1.11 bits per heavy atom. The summed E-state index contributed by atoms with van der Waals surface area (Å²) in [5.74, 6) is 1.49. The van der Waals surface area contributed by atoms with Gasteiger partial charge in [0, 0.05) is 23.4 Å². The fourth-order valence-electron chi connectivity index (χ4n) is 3.73. The molecule has 0 saturated carbocycles. The van der Waals surface area contributed by atoms with Crippen LogP contribution in [0.15, 0.2) is 67.0 Å². The average molecular weight is 469 g/mol. The van der Waals surface area contributed by atoms with Gasteiger partial charge in [0.1, 0.15) is 11.5 Å². The number of aryl methyl sites for hydroxylation is 1. The van der Waals surface area contributed by atoms with Crippen LogP contribution in [0.3, 0.4) is 0 Å². The Morgan fingerprint density at radius 2 is 1.86 bits per heavy atom. The van der Waals surface area contributed by atoms with E-state index in [9.17, 15) is 10.1 Å². The highest BCUT2D eigenvalue weighted by atomic mass is 16.5. The zero-order valence-corrected chi connectivity index (χ0v) is 19.8. The third-order valence-corrected chi connectivity index (χ3v) is 5.57. The van der Waals surface area contributed by atoms with E-state index in [4.69, 9.17) is 4.74 Å². The fourth-order valence-corrected chi connectivity index (χ4v) is 3.73. The van der Waals surface area contributed by atoms with Gasteiger partial charge in [0.15, 0.2) is 0 Å². The van der Waals surface area contributed by atoms with Crippen molar-refractivity contribution in [1.82, 2.24) is 14.9 Å². The van der Waals surface area contributed by atoms with Crippen LogP contribution in [-0.4, -0.2) is 22.2 Å². The SMILES string of the molecule is CCCCNC(=O)Nc1cn2ncc(CC#N)c(Nc3ccc(Oc4ccccc4)cc3)c2c1C. The number of nitriles is 1. The number of hydrogen-bond donors (Lipinski definition) is 3. The monoisotopic (exact) mass is 468 g/mol. The molecule has 0 unspecified atom stereocenters. The molecule has 4 rings (SSSR count). The zero-order valence-electron chi connectivity index (χ0n) is 19.8. The average Bonchev–Trinajstić information content (AvgIpc) is 3.18. The molecule has 0 radical (unpaired) electrons. The summed E-state index contributed by atoms with van der Waals surface area (Å²) in [5, 5.41) is 23.0. The summed E-state index contributed by atoms with van der Waals surface area (Å²) >= 11 is 0. The van der Waals surface area contributed by atoms with E-state index in [-0.39, 0.29) is 12.5 Å². The first-order valence-corrected chi connectivity index (χ1v) is 11.6. The van der Waals surface area contributed by atoms with Crippen LogP contribution in [0.2, 0.25) is 0 Å². The largest absolute Gasteiger partial charge is 0.457 e. The molecule has 0 atom stereocenters. The van der Waals surface area contributed by atoms with Crippen LogP contribution in [-0.2, 0) is 6.42 Å². The number of nitrogens with zero attached hydrogens (tertiary/aromatic N) is 3. The van der Waals surface area contributed by atoms with Crippen molar-refractivity contribution in [2.24, 2.45) is 0 Å². The molecule has 4 aromatic rings. The maximum atomic E-state index is 12.3. The number of fused-ring (bicyclic) bond motifs is 1. The number of ether oxygens (including phenoxy) is 1. The Kier molecular flexibility index (Phi) is 7.48. The van der Waals surface area contributed by atoms with Crippen molar-refractivity contribution >= 4 is 28.6 Å². The van der Waals surface area contributed by atoms with Gasteiger partial charge in [0.25, 0.3) is 0 Å². The minimum atomic E-state index is -0.252. The molecule has 0 fully saturated rings. The summed E-state index contributed by atoms with van der Waals surface area (Å²) < 4.78 is 7.59. The summed E-state index contributed by atoms with van der Waals surface area (Å²) in [6, 6.07) is 19.2. The minimum Gasteiger partial charge on any atom is -0.457 e. The lowest BCUT2D eigenvalue weighted by atomic mass is 10.1. The molecule has 2 amide bonds. The van der Waals surface area contributed by atoms with Gasteiger partial charge in [0.05, 0.1) is 41.8 Å². The Morgan fingerprint density at radius 3 is 2.57 bits per heavy atom. The second-order valence-corrected chi connectivity index (χ2v) is 8.14. The number of para-hydroxylation sites is 1. The summed E-state index contributed by atoms with van der Waals surface area (Å²) in [6.45, 7) is 4.63.